The van der Waals surface area contributed by atoms with Crippen LogP contribution in [0.15, 0.2) is 18.2 Å². The maximum Gasteiger partial charge on any atom is 0.305 e. The summed E-state index contributed by atoms with van der Waals surface area (Å²) in [6.45, 7) is 2.19. The zero-order valence-corrected chi connectivity index (χ0v) is 10.7. The van der Waals surface area contributed by atoms with E-state index in [9.17, 15) is 14.9 Å². The van der Waals surface area contributed by atoms with Gasteiger partial charge in [-0.25, -0.2) is 0 Å². The number of aryl methyl sites for hydroxylation is 1. The van der Waals surface area contributed by atoms with Crippen LogP contribution in [0.5, 0.6) is 0 Å². The Hall–Kier alpha value is -2.11. The number of nitro groups is 1. The molecule has 102 valence electrons. The Balaban J connectivity index is 2.25. The van der Waals surface area contributed by atoms with Crippen molar-refractivity contribution >= 4 is 17.3 Å². The van der Waals surface area contributed by atoms with Crippen molar-refractivity contribution in [2.45, 2.75) is 32.2 Å². The van der Waals surface area contributed by atoms with Crippen molar-refractivity contribution in [3.63, 3.8) is 0 Å². The fraction of sp³-hybridized carbons (Fsp3) is 0.462. The molecule has 1 aromatic carbocycles. The minimum Gasteiger partial charge on any atom is -0.481 e. The number of non-ortho nitro benzene ring substituents is 1. The Morgan fingerprint density at radius 2 is 2.16 bits per heavy atom. The minimum absolute atomic E-state index is 0.0399. The van der Waals surface area contributed by atoms with Gasteiger partial charge in [0.1, 0.15) is 0 Å². The molecule has 1 aromatic rings. The minimum atomic E-state index is -0.854. The van der Waals surface area contributed by atoms with E-state index >= 15 is 0 Å². The lowest BCUT2D eigenvalue weighted by molar-refractivity contribution is -0.384. The van der Waals surface area contributed by atoms with Crippen molar-refractivity contribution in [2.75, 3.05) is 11.4 Å². The summed E-state index contributed by atoms with van der Waals surface area (Å²) in [5, 5.41) is 19.6. The maximum absolute atomic E-state index is 10.9. The molecule has 0 bridgehead atoms. The van der Waals surface area contributed by atoms with Gasteiger partial charge in [0.2, 0.25) is 0 Å². The topological polar surface area (TPSA) is 83.7 Å². The molecule has 1 saturated carbocycles. The van der Waals surface area contributed by atoms with Gasteiger partial charge in [-0.2, -0.15) is 0 Å². The van der Waals surface area contributed by atoms with Crippen LogP contribution in [0.3, 0.4) is 0 Å². The molecule has 6 nitrogen and oxygen atoms in total. The molecular formula is C13H16N2O4. The first-order valence-electron chi connectivity index (χ1n) is 6.22. The Morgan fingerprint density at radius 3 is 2.68 bits per heavy atom. The van der Waals surface area contributed by atoms with Crippen molar-refractivity contribution < 1.29 is 14.8 Å². The van der Waals surface area contributed by atoms with E-state index in [-0.39, 0.29) is 12.1 Å². The van der Waals surface area contributed by atoms with E-state index in [2.05, 4.69) is 0 Å². The number of carboxylic acid groups (broad SMARTS) is 1. The van der Waals surface area contributed by atoms with E-state index in [4.69, 9.17) is 5.11 Å². The summed E-state index contributed by atoms with van der Waals surface area (Å²) in [6, 6.07) is 5.23. The van der Waals surface area contributed by atoms with Gasteiger partial charge in [-0.3, -0.25) is 14.9 Å². The summed E-state index contributed by atoms with van der Waals surface area (Å²) in [5.74, 6) is -0.854. The first-order chi connectivity index (χ1) is 8.97. The second kappa shape index (κ2) is 5.26. The van der Waals surface area contributed by atoms with Gasteiger partial charge in [0.25, 0.3) is 5.69 Å². The van der Waals surface area contributed by atoms with Gasteiger partial charge >= 0.3 is 5.97 Å². The van der Waals surface area contributed by atoms with Crippen LogP contribution in [0.1, 0.15) is 24.8 Å². The van der Waals surface area contributed by atoms with Gasteiger partial charge in [0.15, 0.2) is 0 Å². The number of carbonyl (C=O) groups is 1. The predicted molar refractivity (Wildman–Crippen MR) is 70.5 cm³/mol. The predicted octanol–water partition coefficient (Wildman–Crippen LogP) is 2.35. The van der Waals surface area contributed by atoms with Crippen LogP contribution in [0.4, 0.5) is 11.4 Å². The number of hydrogen-bond donors (Lipinski definition) is 1. The highest BCUT2D eigenvalue weighted by molar-refractivity contribution is 5.68. The summed E-state index contributed by atoms with van der Waals surface area (Å²) >= 11 is 0. The molecule has 0 amide bonds. The molecule has 6 heteroatoms. The van der Waals surface area contributed by atoms with Crippen LogP contribution < -0.4 is 4.90 Å². The normalized spacial score (nSPS) is 14.2. The summed E-state index contributed by atoms with van der Waals surface area (Å²) in [7, 11) is 0. The number of anilines is 1. The van der Waals surface area contributed by atoms with Crippen LogP contribution in [0.2, 0.25) is 0 Å². The number of rotatable bonds is 6. The van der Waals surface area contributed by atoms with E-state index < -0.39 is 10.9 Å². The van der Waals surface area contributed by atoms with Gasteiger partial charge < -0.3 is 10.0 Å². The van der Waals surface area contributed by atoms with Gasteiger partial charge in [-0.1, -0.05) is 0 Å². The SMILES string of the molecule is Cc1cc(N(CCC(=O)O)C2CC2)cc([N+](=O)[O-])c1. The van der Waals surface area contributed by atoms with Crippen LogP contribution in [-0.4, -0.2) is 28.6 Å². The number of nitro benzene ring substituents is 1. The van der Waals surface area contributed by atoms with Crippen molar-refractivity contribution in [1.29, 1.82) is 0 Å². The second-order valence-electron chi connectivity index (χ2n) is 4.85. The molecule has 19 heavy (non-hydrogen) atoms. The molecule has 0 radical (unpaired) electrons. The van der Waals surface area contributed by atoms with Crippen molar-refractivity contribution in [3.05, 3.63) is 33.9 Å². The zero-order chi connectivity index (χ0) is 14.0. The van der Waals surface area contributed by atoms with Crippen LogP contribution >= 0.6 is 0 Å². The molecule has 0 unspecified atom stereocenters. The number of benzene rings is 1. The van der Waals surface area contributed by atoms with Gasteiger partial charge in [-0.05, 0) is 31.4 Å². The van der Waals surface area contributed by atoms with Crippen LogP contribution in [0, 0.1) is 17.0 Å². The first-order valence-corrected chi connectivity index (χ1v) is 6.22. The lowest BCUT2D eigenvalue weighted by atomic mass is 10.1. The summed E-state index contributed by atoms with van der Waals surface area (Å²) in [4.78, 5) is 23.1. The second-order valence-corrected chi connectivity index (χ2v) is 4.85. The third kappa shape index (κ3) is 3.43. The highest BCUT2D eigenvalue weighted by Gasteiger charge is 2.30. The van der Waals surface area contributed by atoms with Gasteiger partial charge in [0, 0.05) is 30.4 Å². The van der Waals surface area contributed by atoms with Crippen LogP contribution in [0.25, 0.3) is 0 Å². The molecule has 0 atom stereocenters. The summed E-state index contributed by atoms with van der Waals surface area (Å²) in [6.07, 6.45) is 2.07. The standard InChI is InChI=1S/C13H16N2O4/c1-9-6-11(8-12(7-9)15(18)19)14(10-2-3-10)5-4-13(16)17/h6-8,10H,2-5H2,1H3,(H,16,17). The Bertz CT molecular complexity index is 511. The first kappa shape index (κ1) is 13.3. The Kier molecular flexibility index (Phi) is 3.69. The molecule has 0 aliphatic heterocycles. The van der Waals surface area contributed by atoms with Gasteiger partial charge in [-0.15, -0.1) is 0 Å². The summed E-state index contributed by atoms with van der Waals surface area (Å²) in [5.41, 5.74) is 1.61. The lowest BCUT2D eigenvalue weighted by Crippen LogP contribution is -2.28. The fourth-order valence-electron chi connectivity index (χ4n) is 2.14. The monoisotopic (exact) mass is 264 g/mol. The largest absolute Gasteiger partial charge is 0.481 e. The number of nitrogens with zero attached hydrogens (tertiary/aromatic N) is 2. The van der Waals surface area contributed by atoms with E-state index in [0.717, 1.165) is 24.1 Å². The molecule has 1 aliphatic carbocycles. The molecule has 0 heterocycles. The highest BCUT2D eigenvalue weighted by Crippen LogP contribution is 2.34. The number of hydrogen-bond acceptors (Lipinski definition) is 4. The zero-order valence-electron chi connectivity index (χ0n) is 10.7. The van der Waals surface area contributed by atoms with Crippen LogP contribution in [-0.2, 0) is 4.79 Å². The van der Waals surface area contributed by atoms with E-state index in [1.54, 1.807) is 6.92 Å². The molecule has 0 aromatic heterocycles. The van der Waals surface area contributed by atoms with Crippen molar-refractivity contribution in [1.82, 2.24) is 0 Å². The van der Waals surface area contributed by atoms with Crippen molar-refractivity contribution in [3.8, 4) is 0 Å². The van der Waals surface area contributed by atoms with Gasteiger partial charge in [0.05, 0.1) is 11.3 Å². The van der Waals surface area contributed by atoms with E-state index in [0.29, 0.717) is 12.6 Å². The lowest BCUT2D eigenvalue weighted by Gasteiger charge is -2.24. The average Bonchev–Trinajstić information content (AvgIpc) is 3.12. The Labute approximate surface area is 110 Å². The smallest absolute Gasteiger partial charge is 0.305 e. The molecule has 1 aliphatic rings. The van der Waals surface area contributed by atoms with E-state index in [1.807, 2.05) is 11.0 Å². The molecule has 0 spiro atoms. The summed E-state index contributed by atoms with van der Waals surface area (Å²) < 4.78 is 0. The Morgan fingerprint density at radius 1 is 1.47 bits per heavy atom. The highest BCUT2D eigenvalue weighted by atomic mass is 16.6. The number of carboxylic acids is 1. The fourth-order valence-corrected chi connectivity index (χ4v) is 2.14. The maximum atomic E-state index is 10.9. The quantitative estimate of drug-likeness (QED) is 0.629. The average molecular weight is 264 g/mol. The molecule has 1 fully saturated rings. The molecular weight excluding hydrogens is 248 g/mol. The van der Waals surface area contributed by atoms with Crippen molar-refractivity contribution in [2.24, 2.45) is 0 Å². The number of aliphatic carboxylic acids is 1. The van der Waals surface area contributed by atoms with E-state index in [1.165, 1.54) is 12.1 Å². The molecule has 0 saturated heterocycles. The molecule has 2 rings (SSSR count). The third-order valence-corrected chi connectivity index (χ3v) is 3.14. The third-order valence-electron chi connectivity index (χ3n) is 3.14. The molecule has 1 N–H and O–H groups in total.